The highest BCUT2D eigenvalue weighted by molar-refractivity contribution is 7.90. The second kappa shape index (κ2) is 5.40. The van der Waals surface area contributed by atoms with E-state index in [1.165, 1.54) is 38.4 Å². The van der Waals surface area contributed by atoms with Crippen LogP contribution in [0.1, 0.15) is 44.1 Å². The van der Waals surface area contributed by atoms with E-state index >= 15 is 0 Å². The Morgan fingerprint density at radius 1 is 1.14 bits per heavy atom. The normalized spacial score (nSPS) is 30.3. The Kier molecular flexibility index (Phi) is 3.87. The van der Waals surface area contributed by atoms with Gasteiger partial charge in [-0.2, -0.15) is 0 Å². The smallest absolute Gasteiger partial charge is 0.175 e. The van der Waals surface area contributed by atoms with Gasteiger partial charge in [0.05, 0.1) is 11.5 Å². The summed E-state index contributed by atoms with van der Waals surface area (Å²) in [6.45, 7) is 0.173. The fourth-order valence-corrected chi connectivity index (χ4v) is 4.76. The minimum absolute atomic E-state index is 0.113. The van der Waals surface area contributed by atoms with E-state index < -0.39 is 9.84 Å². The molecule has 3 rings (SSSR count). The minimum atomic E-state index is -3.15. The first-order chi connectivity index (χ1) is 9.97. The summed E-state index contributed by atoms with van der Waals surface area (Å²) in [5, 5.41) is 9.92. The van der Waals surface area contributed by atoms with Gasteiger partial charge < -0.3 is 5.11 Å². The molecule has 0 spiro atoms. The molecule has 1 aromatic carbocycles. The molecule has 2 aliphatic carbocycles. The van der Waals surface area contributed by atoms with Crippen molar-refractivity contribution < 1.29 is 13.5 Å². The maximum Gasteiger partial charge on any atom is 0.175 e. The van der Waals surface area contributed by atoms with Crippen LogP contribution in [0.5, 0.6) is 0 Å². The standard InChI is InChI=1S/C17H24O3S/c1-21(19,20)15-9-7-14(8-10-15)17(12-18)11-16(17)13-5-3-2-4-6-13/h7-10,13,16,18H,2-6,11-12H2,1H3. The Bertz CT molecular complexity index is 599. The molecule has 1 aromatic rings. The van der Waals surface area contributed by atoms with E-state index in [4.69, 9.17) is 0 Å². The summed E-state index contributed by atoms with van der Waals surface area (Å²) in [6, 6.07) is 7.15. The molecule has 2 fully saturated rings. The Morgan fingerprint density at radius 3 is 2.29 bits per heavy atom. The van der Waals surface area contributed by atoms with Crippen LogP contribution in [-0.4, -0.2) is 26.4 Å². The summed E-state index contributed by atoms with van der Waals surface area (Å²) in [7, 11) is -3.15. The number of benzene rings is 1. The van der Waals surface area contributed by atoms with Gasteiger partial charge >= 0.3 is 0 Å². The lowest BCUT2D eigenvalue weighted by molar-refractivity contribution is 0.218. The van der Waals surface area contributed by atoms with E-state index in [1.807, 2.05) is 12.1 Å². The Labute approximate surface area is 127 Å². The average molecular weight is 308 g/mol. The van der Waals surface area contributed by atoms with E-state index in [-0.39, 0.29) is 12.0 Å². The molecule has 2 unspecified atom stereocenters. The summed E-state index contributed by atoms with van der Waals surface area (Å²) in [6.07, 6.45) is 8.82. The van der Waals surface area contributed by atoms with Crippen LogP contribution >= 0.6 is 0 Å². The zero-order valence-corrected chi connectivity index (χ0v) is 13.4. The van der Waals surface area contributed by atoms with Gasteiger partial charge in [0, 0.05) is 11.7 Å². The van der Waals surface area contributed by atoms with Gasteiger partial charge in [-0.1, -0.05) is 44.2 Å². The highest BCUT2D eigenvalue weighted by Crippen LogP contribution is 2.60. The highest BCUT2D eigenvalue weighted by Gasteiger charge is 2.57. The first-order valence-electron chi connectivity index (χ1n) is 7.89. The Balaban J connectivity index is 1.81. The largest absolute Gasteiger partial charge is 0.395 e. The van der Waals surface area contributed by atoms with Gasteiger partial charge in [0.25, 0.3) is 0 Å². The fraction of sp³-hybridized carbons (Fsp3) is 0.647. The molecule has 4 heteroatoms. The molecule has 1 N–H and O–H groups in total. The first-order valence-corrected chi connectivity index (χ1v) is 9.78. The van der Waals surface area contributed by atoms with Gasteiger partial charge in [0.2, 0.25) is 0 Å². The van der Waals surface area contributed by atoms with Crippen LogP contribution in [0.4, 0.5) is 0 Å². The summed E-state index contributed by atoms with van der Waals surface area (Å²) >= 11 is 0. The van der Waals surface area contributed by atoms with E-state index in [1.54, 1.807) is 12.1 Å². The number of aliphatic hydroxyl groups excluding tert-OH is 1. The predicted octanol–water partition coefficient (Wildman–Crippen LogP) is 2.92. The van der Waals surface area contributed by atoms with E-state index in [0.717, 1.165) is 17.9 Å². The van der Waals surface area contributed by atoms with Crippen LogP contribution in [0.15, 0.2) is 29.2 Å². The van der Waals surface area contributed by atoms with Crippen molar-refractivity contribution in [1.82, 2.24) is 0 Å². The minimum Gasteiger partial charge on any atom is -0.395 e. The molecular weight excluding hydrogens is 284 g/mol. The molecule has 0 aliphatic heterocycles. The van der Waals surface area contributed by atoms with Gasteiger partial charge in [0.1, 0.15) is 0 Å². The molecule has 2 atom stereocenters. The number of hydrogen-bond acceptors (Lipinski definition) is 3. The second-order valence-corrected chi connectivity index (χ2v) is 8.84. The maximum atomic E-state index is 11.5. The van der Waals surface area contributed by atoms with Crippen LogP contribution in [0.2, 0.25) is 0 Å². The van der Waals surface area contributed by atoms with Gasteiger partial charge in [-0.15, -0.1) is 0 Å². The van der Waals surface area contributed by atoms with Crippen LogP contribution in [-0.2, 0) is 15.3 Å². The Morgan fingerprint density at radius 2 is 1.76 bits per heavy atom. The Hall–Kier alpha value is -0.870. The average Bonchev–Trinajstić information content (AvgIpc) is 3.23. The van der Waals surface area contributed by atoms with Crippen molar-refractivity contribution in [3.63, 3.8) is 0 Å². The molecular formula is C17H24O3S. The molecule has 21 heavy (non-hydrogen) atoms. The molecule has 0 radical (unpaired) electrons. The number of hydrogen-bond donors (Lipinski definition) is 1. The van der Waals surface area contributed by atoms with Crippen molar-refractivity contribution in [2.75, 3.05) is 12.9 Å². The van der Waals surface area contributed by atoms with Crippen molar-refractivity contribution in [3.8, 4) is 0 Å². The lowest BCUT2D eigenvalue weighted by Crippen LogP contribution is -2.21. The van der Waals surface area contributed by atoms with Crippen molar-refractivity contribution in [2.45, 2.75) is 48.8 Å². The molecule has 0 saturated heterocycles. The van der Waals surface area contributed by atoms with Crippen molar-refractivity contribution in [3.05, 3.63) is 29.8 Å². The molecule has 0 bridgehead atoms. The van der Waals surface area contributed by atoms with Gasteiger partial charge in [-0.25, -0.2) is 8.42 Å². The van der Waals surface area contributed by atoms with Gasteiger partial charge in [-0.05, 0) is 36.0 Å². The SMILES string of the molecule is CS(=O)(=O)c1ccc(C2(CO)CC2C2CCCCC2)cc1. The van der Waals surface area contributed by atoms with Crippen molar-refractivity contribution in [2.24, 2.45) is 11.8 Å². The highest BCUT2D eigenvalue weighted by atomic mass is 32.2. The molecule has 0 heterocycles. The fourth-order valence-electron chi connectivity index (χ4n) is 4.13. The third-order valence-electron chi connectivity index (χ3n) is 5.49. The van der Waals surface area contributed by atoms with Gasteiger partial charge in [0.15, 0.2) is 9.84 Å². The third-order valence-corrected chi connectivity index (χ3v) is 6.62. The molecule has 116 valence electrons. The van der Waals surface area contributed by atoms with Crippen molar-refractivity contribution in [1.29, 1.82) is 0 Å². The predicted molar refractivity (Wildman–Crippen MR) is 83.0 cm³/mol. The lowest BCUT2D eigenvalue weighted by atomic mass is 9.81. The summed E-state index contributed by atoms with van der Waals surface area (Å²) in [4.78, 5) is 0.356. The number of aliphatic hydroxyl groups is 1. The van der Waals surface area contributed by atoms with E-state index in [9.17, 15) is 13.5 Å². The summed E-state index contributed by atoms with van der Waals surface area (Å²) in [5.74, 6) is 1.31. The molecule has 3 nitrogen and oxygen atoms in total. The molecule has 2 saturated carbocycles. The van der Waals surface area contributed by atoms with Crippen LogP contribution in [0, 0.1) is 11.8 Å². The summed E-state index contributed by atoms with van der Waals surface area (Å²) < 4.78 is 23.1. The maximum absolute atomic E-state index is 11.5. The van der Waals surface area contributed by atoms with Crippen LogP contribution in [0.25, 0.3) is 0 Å². The third kappa shape index (κ3) is 2.76. The second-order valence-electron chi connectivity index (χ2n) is 6.82. The van der Waals surface area contributed by atoms with Crippen LogP contribution in [0.3, 0.4) is 0 Å². The van der Waals surface area contributed by atoms with Gasteiger partial charge in [-0.3, -0.25) is 0 Å². The molecule has 2 aliphatic rings. The monoisotopic (exact) mass is 308 g/mol. The lowest BCUT2D eigenvalue weighted by Gasteiger charge is -2.25. The van der Waals surface area contributed by atoms with E-state index in [0.29, 0.717) is 10.8 Å². The molecule has 0 aromatic heterocycles. The number of sulfone groups is 1. The van der Waals surface area contributed by atoms with E-state index in [2.05, 4.69) is 0 Å². The number of rotatable bonds is 4. The zero-order chi connectivity index (χ0) is 15.1. The first kappa shape index (κ1) is 15.0. The van der Waals surface area contributed by atoms with Crippen molar-refractivity contribution >= 4 is 9.84 Å². The summed E-state index contributed by atoms with van der Waals surface area (Å²) in [5.41, 5.74) is 0.992. The quantitative estimate of drug-likeness (QED) is 0.930. The van der Waals surface area contributed by atoms with Crippen LogP contribution < -0.4 is 0 Å². The topological polar surface area (TPSA) is 54.4 Å². The zero-order valence-electron chi connectivity index (χ0n) is 12.6. The molecule has 0 amide bonds.